The van der Waals surface area contributed by atoms with Gasteiger partial charge in [0.25, 0.3) is 5.91 Å². The molecule has 0 spiro atoms. The van der Waals surface area contributed by atoms with E-state index in [-0.39, 0.29) is 11.4 Å². The van der Waals surface area contributed by atoms with Crippen LogP contribution in [-0.4, -0.2) is 57.0 Å². The van der Waals surface area contributed by atoms with Gasteiger partial charge in [0.15, 0.2) is 0 Å². The summed E-state index contributed by atoms with van der Waals surface area (Å²) in [6.45, 7) is 9.43. The maximum Gasteiger partial charge on any atom is 0.253 e. The summed E-state index contributed by atoms with van der Waals surface area (Å²) in [7, 11) is 0. The lowest BCUT2D eigenvalue weighted by Gasteiger charge is -2.40. The summed E-state index contributed by atoms with van der Waals surface area (Å²) in [4.78, 5) is 24.7. The molecule has 1 unspecified atom stereocenters. The standard InChI is InChI=1S/C20H28N4O2/c1-20(2,3)24(15-18-21-9-10-22-18)19(25)17-14-23(11-12-26-17)13-16-7-5-4-6-8-16/h4-10,17H,11-15H2,1-3H3,(H,21,22). The number of benzene rings is 1. The number of aromatic nitrogens is 2. The Kier molecular flexibility index (Phi) is 5.74. The summed E-state index contributed by atoms with van der Waals surface area (Å²) in [5, 5.41) is 0. The maximum atomic E-state index is 13.2. The molecule has 2 aromatic rings. The van der Waals surface area contributed by atoms with Crippen molar-refractivity contribution in [1.82, 2.24) is 19.8 Å². The quantitative estimate of drug-likeness (QED) is 0.894. The molecule has 1 fully saturated rings. The van der Waals surface area contributed by atoms with E-state index in [4.69, 9.17) is 4.74 Å². The number of hydrogen-bond acceptors (Lipinski definition) is 4. The van der Waals surface area contributed by atoms with Crippen LogP contribution in [0.5, 0.6) is 0 Å². The fourth-order valence-corrected chi connectivity index (χ4v) is 3.19. The number of morpholine rings is 1. The van der Waals surface area contributed by atoms with E-state index in [2.05, 4.69) is 27.0 Å². The van der Waals surface area contributed by atoms with Gasteiger partial charge in [0.2, 0.25) is 0 Å². The van der Waals surface area contributed by atoms with Gasteiger partial charge in [0, 0.05) is 37.6 Å². The summed E-state index contributed by atoms with van der Waals surface area (Å²) in [6, 6.07) is 10.3. The Morgan fingerprint density at radius 2 is 2.12 bits per heavy atom. The van der Waals surface area contributed by atoms with Gasteiger partial charge in [-0.1, -0.05) is 30.3 Å². The predicted octanol–water partition coefficient (Wildman–Crippen LogP) is 2.44. The Hall–Kier alpha value is -2.18. The molecule has 140 valence electrons. The van der Waals surface area contributed by atoms with Crippen molar-refractivity contribution >= 4 is 5.91 Å². The fourth-order valence-electron chi connectivity index (χ4n) is 3.19. The number of carbonyl (C=O) groups excluding carboxylic acids is 1. The van der Waals surface area contributed by atoms with Crippen molar-refractivity contribution in [2.45, 2.75) is 45.5 Å². The van der Waals surface area contributed by atoms with Gasteiger partial charge in [-0.3, -0.25) is 9.69 Å². The number of amides is 1. The highest BCUT2D eigenvalue weighted by Gasteiger charge is 2.35. The van der Waals surface area contributed by atoms with Crippen LogP contribution in [0.25, 0.3) is 0 Å². The monoisotopic (exact) mass is 356 g/mol. The van der Waals surface area contributed by atoms with E-state index in [0.717, 1.165) is 18.9 Å². The summed E-state index contributed by atoms with van der Waals surface area (Å²) >= 11 is 0. The highest BCUT2D eigenvalue weighted by atomic mass is 16.5. The highest BCUT2D eigenvalue weighted by Crippen LogP contribution is 2.20. The maximum absolute atomic E-state index is 13.2. The first-order valence-electron chi connectivity index (χ1n) is 9.11. The molecule has 1 saturated heterocycles. The van der Waals surface area contributed by atoms with Crippen LogP contribution in [-0.2, 0) is 22.6 Å². The first-order valence-corrected chi connectivity index (χ1v) is 9.11. The number of imidazole rings is 1. The highest BCUT2D eigenvalue weighted by molar-refractivity contribution is 5.82. The van der Waals surface area contributed by atoms with E-state index >= 15 is 0 Å². The first-order chi connectivity index (χ1) is 12.4. The topological polar surface area (TPSA) is 61.5 Å². The molecule has 1 atom stereocenters. The van der Waals surface area contributed by atoms with E-state index in [1.54, 1.807) is 12.4 Å². The number of H-pyrrole nitrogens is 1. The van der Waals surface area contributed by atoms with Crippen molar-refractivity contribution in [3.8, 4) is 0 Å². The molecule has 0 saturated carbocycles. The lowest BCUT2D eigenvalue weighted by molar-refractivity contribution is -0.155. The molecule has 1 amide bonds. The van der Waals surface area contributed by atoms with Gasteiger partial charge < -0.3 is 14.6 Å². The van der Waals surface area contributed by atoms with Crippen LogP contribution < -0.4 is 0 Å². The van der Waals surface area contributed by atoms with Crippen LogP contribution in [0, 0.1) is 0 Å². The Morgan fingerprint density at radius 3 is 2.77 bits per heavy atom. The number of hydrogen-bond donors (Lipinski definition) is 1. The van der Waals surface area contributed by atoms with Gasteiger partial charge in [0.1, 0.15) is 11.9 Å². The molecule has 2 heterocycles. The molecule has 0 bridgehead atoms. The minimum atomic E-state index is -0.443. The van der Waals surface area contributed by atoms with Crippen LogP contribution in [0.15, 0.2) is 42.7 Å². The number of nitrogens with one attached hydrogen (secondary N) is 1. The summed E-state index contributed by atoms with van der Waals surface area (Å²) in [5.74, 6) is 0.803. The third-order valence-corrected chi connectivity index (χ3v) is 4.61. The molecule has 1 N–H and O–H groups in total. The molecule has 1 aliphatic heterocycles. The normalized spacial score (nSPS) is 18.7. The second-order valence-electron chi connectivity index (χ2n) is 7.71. The van der Waals surface area contributed by atoms with E-state index in [1.165, 1.54) is 5.56 Å². The van der Waals surface area contributed by atoms with Crippen molar-refractivity contribution in [3.05, 3.63) is 54.1 Å². The van der Waals surface area contributed by atoms with Crippen LogP contribution in [0.1, 0.15) is 32.2 Å². The second kappa shape index (κ2) is 8.01. The van der Waals surface area contributed by atoms with Gasteiger partial charge >= 0.3 is 0 Å². The van der Waals surface area contributed by atoms with Crippen LogP contribution >= 0.6 is 0 Å². The number of rotatable bonds is 5. The number of nitrogens with zero attached hydrogens (tertiary/aromatic N) is 3. The van der Waals surface area contributed by atoms with Gasteiger partial charge in [0.05, 0.1) is 13.2 Å². The zero-order chi connectivity index (χ0) is 18.6. The SMILES string of the molecule is CC(C)(C)N(Cc1ncc[nH]1)C(=O)C1CN(Cc2ccccc2)CCO1. The van der Waals surface area contributed by atoms with Gasteiger partial charge in [-0.25, -0.2) is 4.98 Å². The Balaban J connectivity index is 1.68. The van der Waals surface area contributed by atoms with Crippen molar-refractivity contribution < 1.29 is 9.53 Å². The molecule has 0 aliphatic carbocycles. The number of aromatic amines is 1. The van der Waals surface area contributed by atoms with Crippen LogP contribution in [0.4, 0.5) is 0 Å². The first kappa shape index (κ1) is 18.6. The molecular formula is C20H28N4O2. The summed E-state index contributed by atoms with van der Waals surface area (Å²) < 4.78 is 5.84. The fraction of sp³-hybridized carbons (Fsp3) is 0.500. The van der Waals surface area contributed by atoms with Crippen molar-refractivity contribution in [2.24, 2.45) is 0 Å². The third kappa shape index (κ3) is 4.71. The molecule has 1 aliphatic rings. The van der Waals surface area contributed by atoms with Crippen molar-refractivity contribution in [1.29, 1.82) is 0 Å². The zero-order valence-corrected chi connectivity index (χ0v) is 15.8. The lowest BCUT2D eigenvalue weighted by atomic mass is 10.0. The second-order valence-corrected chi connectivity index (χ2v) is 7.71. The summed E-state index contributed by atoms with van der Waals surface area (Å²) in [6.07, 6.45) is 3.04. The number of ether oxygens (including phenoxy) is 1. The van der Waals surface area contributed by atoms with E-state index in [9.17, 15) is 4.79 Å². The lowest BCUT2D eigenvalue weighted by Crippen LogP contribution is -2.55. The van der Waals surface area contributed by atoms with Gasteiger partial charge in [-0.2, -0.15) is 0 Å². The minimum absolute atomic E-state index is 0.0201. The van der Waals surface area contributed by atoms with Crippen molar-refractivity contribution in [2.75, 3.05) is 19.7 Å². The molecule has 6 heteroatoms. The van der Waals surface area contributed by atoms with Crippen LogP contribution in [0.2, 0.25) is 0 Å². The van der Waals surface area contributed by atoms with E-state index < -0.39 is 6.10 Å². The van der Waals surface area contributed by atoms with Gasteiger partial charge in [-0.15, -0.1) is 0 Å². The largest absolute Gasteiger partial charge is 0.366 e. The molecule has 1 aromatic carbocycles. The van der Waals surface area contributed by atoms with Gasteiger partial charge in [-0.05, 0) is 26.3 Å². The Morgan fingerprint density at radius 1 is 1.35 bits per heavy atom. The third-order valence-electron chi connectivity index (χ3n) is 4.61. The van der Waals surface area contributed by atoms with E-state index in [0.29, 0.717) is 19.7 Å². The molecule has 6 nitrogen and oxygen atoms in total. The molecule has 26 heavy (non-hydrogen) atoms. The minimum Gasteiger partial charge on any atom is -0.366 e. The Labute approximate surface area is 155 Å². The van der Waals surface area contributed by atoms with E-state index in [1.807, 2.05) is 43.9 Å². The average molecular weight is 356 g/mol. The molecule has 1 aromatic heterocycles. The van der Waals surface area contributed by atoms with Crippen LogP contribution in [0.3, 0.4) is 0 Å². The molecule has 0 radical (unpaired) electrons. The zero-order valence-electron chi connectivity index (χ0n) is 15.8. The average Bonchev–Trinajstić information content (AvgIpc) is 3.13. The molecule has 3 rings (SSSR count). The number of carbonyl (C=O) groups is 1. The smallest absolute Gasteiger partial charge is 0.253 e. The predicted molar refractivity (Wildman–Crippen MR) is 100 cm³/mol. The Bertz CT molecular complexity index is 694. The molecular weight excluding hydrogens is 328 g/mol. The van der Waals surface area contributed by atoms with Crippen molar-refractivity contribution in [3.63, 3.8) is 0 Å². The summed E-state index contributed by atoms with van der Waals surface area (Å²) in [5.41, 5.74) is 0.943.